The van der Waals surface area contributed by atoms with Crippen LogP contribution in [-0.4, -0.2) is 12.6 Å². The zero-order valence-electron chi connectivity index (χ0n) is 6.94. The molecule has 0 rings (SSSR count). The van der Waals surface area contributed by atoms with Crippen molar-refractivity contribution in [1.29, 1.82) is 0 Å². The first-order valence-corrected chi connectivity index (χ1v) is 3.51. The van der Waals surface area contributed by atoms with Gasteiger partial charge in [-0.25, -0.2) is 0 Å². The van der Waals surface area contributed by atoms with Gasteiger partial charge in [0.15, 0.2) is 0 Å². The van der Waals surface area contributed by atoms with Crippen molar-refractivity contribution in [3.63, 3.8) is 0 Å². The Kier molecular flexibility index (Phi) is 3.40. The average Bonchev–Trinajstić information content (AvgIpc) is 1.80. The molecule has 0 unspecified atom stereocenters. The molecule has 0 aliphatic rings. The largest absolute Gasteiger partial charge is 0.465 e. The number of ether oxygens (including phenoxy) is 1. The third-order valence-corrected chi connectivity index (χ3v) is 0.990. The van der Waals surface area contributed by atoms with Crippen LogP contribution in [0.15, 0.2) is 0 Å². The molecule has 1 radical (unpaired) electrons. The van der Waals surface area contributed by atoms with Crippen LogP contribution in [-0.2, 0) is 9.53 Å². The molecule has 2 heteroatoms. The van der Waals surface area contributed by atoms with E-state index in [1.54, 1.807) is 13.8 Å². The average molecular weight is 143 g/mol. The lowest BCUT2D eigenvalue weighted by Gasteiger charge is -2.15. The number of hydrogen-bond acceptors (Lipinski definition) is 2. The summed E-state index contributed by atoms with van der Waals surface area (Å²) < 4.78 is 4.85. The molecule has 0 aliphatic heterocycles. The lowest BCUT2D eigenvalue weighted by atomic mass is 9.97. The Morgan fingerprint density at radius 1 is 1.60 bits per heavy atom. The lowest BCUT2D eigenvalue weighted by molar-refractivity contribution is -0.151. The maximum absolute atomic E-state index is 10.9. The van der Waals surface area contributed by atoms with E-state index in [-0.39, 0.29) is 5.97 Å². The molecular weight excluding hydrogens is 128 g/mol. The second kappa shape index (κ2) is 3.59. The third-order valence-electron chi connectivity index (χ3n) is 0.990. The molecule has 0 spiro atoms. The van der Waals surface area contributed by atoms with E-state index in [1.165, 1.54) is 0 Å². The summed E-state index contributed by atoms with van der Waals surface area (Å²) in [5.74, 6) is -0.227. The monoisotopic (exact) mass is 143 g/mol. The van der Waals surface area contributed by atoms with Gasteiger partial charge in [-0.1, -0.05) is 6.92 Å². The van der Waals surface area contributed by atoms with Crippen molar-refractivity contribution in [3.8, 4) is 0 Å². The van der Waals surface area contributed by atoms with Gasteiger partial charge in [0, 0.05) is 0 Å². The molecule has 0 N–H and O–H groups in total. The summed E-state index contributed by atoms with van der Waals surface area (Å²) in [6, 6.07) is 0. The zero-order valence-corrected chi connectivity index (χ0v) is 6.94. The molecule has 0 amide bonds. The van der Waals surface area contributed by atoms with Gasteiger partial charge in [-0.05, 0) is 27.2 Å². The number of esters is 1. The Balaban J connectivity index is 3.64. The SMILES string of the molecule is [CH2]C(C)(C)C(=O)OCCC. The molecule has 0 saturated carbocycles. The summed E-state index contributed by atoms with van der Waals surface area (Å²) in [6.07, 6.45) is 0.863. The molecule has 0 heterocycles. The fraction of sp³-hybridized carbons (Fsp3) is 0.750. The van der Waals surface area contributed by atoms with Gasteiger partial charge in [-0.15, -0.1) is 0 Å². The van der Waals surface area contributed by atoms with Crippen molar-refractivity contribution >= 4 is 5.97 Å². The summed E-state index contributed by atoms with van der Waals surface area (Å²) in [4.78, 5) is 10.9. The van der Waals surface area contributed by atoms with E-state index in [0.29, 0.717) is 6.61 Å². The first-order chi connectivity index (χ1) is 4.48. The Hall–Kier alpha value is -0.530. The van der Waals surface area contributed by atoms with Gasteiger partial charge in [-0.3, -0.25) is 4.79 Å². The van der Waals surface area contributed by atoms with Crippen molar-refractivity contribution < 1.29 is 9.53 Å². The van der Waals surface area contributed by atoms with E-state index in [4.69, 9.17) is 4.74 Å². The zero-order chi connectivity index (χ0) is 8.20. The number of hydrogen-bond donors (Lipinski definition) is 0. The normalized spacial score (nSPS) is 11.2. The molecule has 0 aromatic heterocycles. The minimum absolute atomic E-state index is 0.227. The smallest absolute Gasteiger partial charge is 0.311 e. The van der Waals surface area contributed by atoms with Crippen molar-refractivity contribution in [2.75, 3.05) is 6.61 Å². The highest BCUT2D eigenvalue weighted by Gasteiger charge is 2.22. The number of carbonyl (C=O) groups excluding carboxylic acids is 1. The van der Waals surface area contributed by atoms with E-state index < -0.39 is 5.41 Å². The van der Waals surface area contributed by atoms with Crippen molar-refractivity contribution in [1.82, 2.24) is 0 Å². The highest BCUT2D eigenvalue weighted by atomic mass is 16.5. The van der Waals surface area contributed by atoms with Crippen LogP contribution in [0.3, 0.4) is 0 Å². The molecule has 2 nitrogen and oxygen atoms in total. The number of carbonyl (C=O) groups is 1. The highest BCUT2D eigenvalue weighted by Crippen LogP contribution is 2.14. The predicted molar refractivity (Wildman–Crippen MR) is 40.4 cm³/mol. The first-order valence-electron chi connectivity index (χ1n) is 3.51. The minimum Gasteiger partial charge on any atom is -0.465 e. The Morgan fingerprint density at radius 3 is 2.40 bits per heavy atom. The van der Waals surface area contributed by atoms with Crippen LogP contribution in [0.25, 0.3) is 0 Å². The Labute approximate surface area is 62.6 Å². The molecule has 59 valence electrons. The van der Waals surface area contributed by atoms with Crippen LogP contribution in [0.2, 0.25) is 0 Å². The predicted octanol–water partition coefficient (Wildman–Crippen LogP) is 1.80. The van der Waals surface area contributed by atoms with Gasteiger partial charge in [-0.2, -0.15) is 0 Å². The quantitative estimate of drug-likeness (QED) is 0.563. The van der Waals surface area contributed by atoms with Crippen molar-refractivity contribution in [2.45, 2.75) is 27.2 Å². The molecule has 0 saturated heterocycles. The van der Waals surface area contributed by atoms with Gasteiger partial charge < -0.3 is 4.74 Å². The van der Waals surface area contributed by atoms with Gasteiger partial charge in [0.25, 0.3) is 0 Å². The van der Waals surface area contributed by atoms with Crippen LogP contribution in [0.5, 0.6) is 0 Å². The number of rotatable bonds is 3. The van der Waals surface area contributed by atoms with E-state index in [1.807, 2.05) is 6.92 Å². The topological polar surface area (TPSA) is 26.3 Å². The first kappa shape index (κ1) is 9.47. The molecule has 0 aliphatic carbocycles. The molecule has 0 bridgehead atoms. The van der Waals surface area contributed by atoms with E-state index in [2.05, 4.69) is 6.92 Å². The second-order valence-electron chi connectivity index (χ2n) is 3.02. The molecule has 0 aromatic carbocycles. The maximum Gasteiger partial charge on any atom is 0.311 e. The van der Waals surface area contributed by atoms with Gasteiger partial charge >= 0.3 is 5.97 Å². The van der Waals surface area contributed by atoms with Gasteiger partial charge in [0.1, 0.15) is 0 Å². The molecule has 0 atom stereocenters. The molecular formula is C8H15O2. The van der Waals surface area contributed by atoms with Crippen molar-refractivity contribution in [2.24, 2.45) is 5.41 Å². The third kappa shape index (κ3) is 3.49. The summed E-state index contributed by atoms with van der Waals surface area (Å²) in [7, 11) is 0. The lowest BCUT2D eigenvalue weighted by Crippen LogP contribution is -2.23. The second-order valence-corrected chi connectivity index (χ2v) is 3.02. The van der Waals surface area contributed by atoms with Crippen LogP contribution >= 0.6 is 0 Å². The van der Waals surface area contributed by atoms with Crippen LogP contribution in [0.1, 0.15) is 27.2 Å². The maximum atomic E-state index is 10.9. The van der Waals surface area contributed by atoms with Crippen LogP contribution < -0.4 is 0 Å². The highest BCUT2D eigenvalue weighted by molar-refractivity contribution is 5.76. The van der Waals surface area contributed by atoms with Crippen LogP contribution in [0, 0.1) is 12.3 Å². The van der Waals surface area contributed by atoms with E-state index in [9.17, 15) is 4.79 Å². The Bertz CT molecular complexity index is 111. The molecule has 10 heavy (non-hydrogen) atoms. The minimum atomic E-state index is -0.602. The molecule has 0 fully saturated rings. The van der Waals surface area contributed by atoms with Gasteiger partial charge in [0.05, 0.1) is 12.0 Å². The Morgan fingerprint density at radius 2 is 2.10 bits per heavy atom. The summed E-state index contributed by atoms with van der Waals surface area (Å²) >= 11 is 0. The fourth-order valence-electron chi connectivity index (χ4n) is 0.390. The van der Waals surface area contributed by atoms with Crippen molar-refractivity contribution in [3.05, 3.63) is 6.92 Å². The molecule has 0 aromatic rings. The van der Waals surface area contributed by atoms with Gasteiger partial charge in [0.2, 0.25) is 0 Å². The standard InChI is InChI=1S/C8H15O2/c1-5-6-10-7(9)8(2,3)4/h2,5-6H2,1,3-4H3. The van der Waals surface area contributed by atoms with Crippen LogP contribution in [0.4, 0.5) is 0 Å². The summed E-state index contributed by atoms with van der Waals surface area (Å²) in [5, 5.41) is 0. The van der Waals surface area contributed by atoms with E-state index in [0.717, 1.165) is 6.42 Å². The summed E-state index contributed by atoms with van der Waals surface area (Å²) in [5.41, 5.74) is -0.602. The fourth-order valence-corrected chi connectivity index (χ4v) is 0.390. The van der Waals surface area contributed by atoms with E-state index >= 15 is 0 Å². The summed E-state index contributed by atoms with van der Waals surface area (Å²) in [6.45, 7) is 9.59.